The molecule has 1 aromatic rings. The van der Waals surface area contributed by atoms with Crippen LogP contribution >= 0.6 is 0 Å². The van der Waals surface area contributed by atoms with Crippen molar-refractivity contribution >= 4 is 0 Å². The van der Waals surface area contributed by atoms with Gasteiger partial charge in [-0.2, -0.15) is 0 Å². The van der Waals surface area contributed by atoms with Crippen molar-refractivity contribution < 1.29 is 5.11 Å². The molecule has 1 aromatic heterocycles. The van der Waals surface area contributed by atoms with E-state index in [0.29, 0.717) is 0 Å². The highest BCUT2D eigenvalue weighted by atomic mass is 16.3. The number of aliphatic hydroxyl groups is 1. The lowest BCUT2D eigenvalue weighted by molar-refractivity contribution is 0.132. The maximum Gasteiger partial charge on any atom is 0.0500 e. The molecule has 13 heavy (non-hydrogen) atoms. The van der Waals surface area contributed by atoms with Gasteiger partial charge in [0.15, 0.2) is 0 Å². The molecule has 0 aliphatic heterocycles. The minimum absolute atomic E-state index is 0.0725. The Balaban J connectivity index is 2.85. The molecular formula is C10H16N2O. The van der Waals surface area contributed by atoms with Crippen LogP contribution in [0.15, 0.2) is 24.5 Å². The first kappa shape index (κ1) is 10.2. The van der Waals surface area contributed by atoms with Gasteiger partial charge >= 0.3 is 0 Å². The molecule has 3 N–H and O–H groups in total. The number of pyridine rings is 1. The molecule has 0 fully saturated rings. The molecule has 0 amide bonds. The number of rotatable bonds is 3. The highest BCUT2D eigenvalue weighted by Crippen LogP contribution is 2.29. The van der Waals surface area contributed by atoms with Gasteiger partial charge in [-0.1, -0.05) is 19.9 Å². The monoisotopic (exact) mass is 180 g/mol. The smallest absolute Gasteiger partial charge is 0.0500 e. The topological polar surface area (TPSA) is 59.1 Å². The second kappa shape index (κ2) is 3.85. The quantitative estimate of drug-likeness (QED) is 0.732. The van der Waals surface area contributed by atoms with Crippen molar-refractivity contribution in [1.82, 2.24) is 4.98 Å². The molecule has 1 rings (SSSR count). The maximum absolute atomic E-state index is 9.13. The molecule has 0 spiro atoms. The van der Waals surface area contributed by atoms with Crippen LogP contribution in [0.2, 0.25) is 0 Å². The summed E-state index contributed by atoms with van der Waals surface area (Å²) in [5, 5.41) is 9.13. The minimum Gasteiger partial charge on any atom is -0.396 e. The van der Waals surface area contributed by atoms with E-state index in [-0.39, 0.29) is 18.1 Å². The van der Waals surface area contributed by atoms with Crippen molar-refractivity contribution in [3.8, 4) is 0 Å². The van der Waals surface area contributed by atoms with Gasteiger partial charge in [-0.15, -0.1) is 0 Å². The molecule has 0 saturated carbocycles. The molecule has 1 atom stereocenters. The van der Waals surface area contributed by atoms with E-state index in [1.807, 2.05) is 26.0 Å². The van der Waals surface area contributed by atoms with Gasteiger partial charge in [-0.3, -0.25) is 4.98 Å². The largest absolute Gasteiger partial charge is 0.396 e. The van der Waals surface area contributed by atoms with Crippen molar-refractivity contribution in [2.75, 3.05) is 6.61 Å². The zero-order valence-corrected chi connectivity index (χ0v) is 8.07. The van der Waals surface area contributed by atoms with Crippen molar-refractivity contribution in [1.29, 1.82) is 0 Å². The second-order valence-electron chi connectivity index (χ2n) is 3.91. The highest BCUT2D eigenvalue weighted by molar-refractivity contribution is 5.15. The van der Waals surface area contributed by atoms with E-state index in [4.69, 9.17) is 10.8 Å². The molecule has 0 aliphatic carbocycles. The van der Waals surface area contributed by atoms with E-state index in [1.165, 1.54) is 0 Å². The molecular weight excluding hydrogens is 164 g/mol. The molecule has 3 nitrogen and oxygen atoms in total. The third-order valence-corrected chi connectivity index (χ3v) is 2.29. The Morgan fingerprint density at radius 2 is 2.31 bits per heavy atom. The van der Waals surface area contributed by atoms with E-state index in [9.17, 15) is 0 Å². The summed E-state index contributed by atoms with van der Waals surface area (Å²) < 4.78 is 0. The summed E-state index contributed by atoms with van der Waals surface area (Å²) in [6.45, 7) is 3.94. The molecule has 1 heterocycles. The van der Waals surface area contributed by atoms with E-state index in [2.05, 4.69) is 4.98 Å². The third-order valence-electron chi connectivity index (χ3n) is 2.29. The summed E-state index contributed by atoms with van der Waals surface area (Å²) in [6.07, 6.45) is 3.45. The average molecular weight is 180 g/mol. The fourth-order valence-electron chi connectivity index (χ4n) is 1.11. The number of aliphatic hydroxyl groups excluding tert-OH is 1. The fourth-order valence-corrected chi connectivity index (χ4v) is 1.11. The van der Waals surface area contributed by atoms with E-state index < -0.39 is 0 Å². The highest BCUT2D eigenvalue weighted by Gasteiger charge is 2.26. The predicted octanol–water partition coefficient (Wildman–Crippen LogP) is 1.10. The maximum atomic E-state index is 9.13. The Morgan fingerprint density at radius 3 is 2.77 bits per heavy atom. The lowest BCUT2D eigenvalue weighted by atomic mass is 9.82. The Kier molecular flexibility index (Phi) is 3.01. The minimum atomic E-state index is -0.303. The molecule has 0 radical (unpaired) electrons. The first-order valence-corrected chi connectivity index (χ1v) is 4.34. The third kappa shape index (κ3) is 2.26. The first-order chi connectivity index (χ1) is 6.08. The lowest BCUT2D eigenvalue weighted by Crippen LogP contribution is -2.32. The van der Waals surface area contributed by atoms with Gasteiger partial charge in [0.2, 0.25) is 0 Å². The van der Waals surface area contributed by atoms with Gasteiger partial charge in [0.05, 0.1) is 0 Å². The summed E-state index contributed by atoms with van der Waals surface area (Å²) in [6, 6.07) is 3.60. The molecule has 0 aromatic carbocycles. The van der Waals surface area contributed by atoms with Crippen LogP contribution in [0.3, 0.4) is 0 Å². The summed E-state index contributed by atoms with van der Waals surface area (Å²) in [7, 11) is 0. The molecule has 3 heteroatoms. The van der Waals surface area contributed by atoms with E-state index in [0.717, 1.165) is 5.56 Å². The van der Waals surface area contributed by atoms with Gasteiger partial charge in [0, 0.05) is 30.5 Å². The molecule has 72 valence electrons. The van der Waals surface area contributed by atoms with Crippen LogP contribution in [0.4, 0.5) is 0 Å². The Labute approximate surface area is 78.6 Å². The molecule has 0 saturated heterocycles. The van der Waals surface area contributed by atoms with Crippen LogP contribution in [0.25, 0.3) is 0 Å². The Hall–Kier alpha value is -0.930. The van der Waals surface area contributed by atoms with Gasteiger partial charge in [0.1, 0.15) is 0 Å². The number of nitrogens with two attached hydrogens (primary N) is 1. The zero-order valence-electron chi connectivity index (χ0n) is 8.07. The van der Waals surface area contributed by atoms with Crippen LogP contribution in [0.1, 0.15) is 25.5 Å². The SMILES string of the molecule is CC(C)(CO)[C@@H](N)c1cccnc1. The summed E-state index contributed by atoms with van der Waals surface area (Å²) in [5.41, 5.74) is 6.64. The number of aromatic nitrogens is 1. The van der Waals surface area contributed by atoms with E-state index >= 15 is 0 Å². The van der Waals surface area contributed by atoms with Crippen molar-refractivity contribution in [2.45, 2.75) is 19.9 Å². The van der Waals surface area contributed by atoms with E-state index in [1.54, 1.807) is 12.4 Å². The van der Waals surface area contributed by atoms with Gasteiger partial charge in [-0.25, -0.2) is 0 Å². The number of hydrogen-bond acceptors (Lipinski definition) is 3. The summed E-state index contributed by atoms with van der Waals surface area (Å²) >= 11 is 0. The summed E-state index contributed by atoms with van der Waals surface area (Å²) in [4.78, 5) is 3.99. The standard InChI is InChI=1S/C10H16N2O/c1-10(2,7-13)9(11)8-4-3-5-12-6-8/h3-6,9,13H,7,11H2,1-2H3/t9-/m0/s1. The number of nitrogens with zero attached hydrogens (tertiary/aromatic N) is 1. The van der Waals surface area contributed by atoms with Crippen LogP contribution in [-0.4, -0.2) is 16.7 Å². The molecule has 0 bridgehead atoms. The van der Waals surface area contributed by atoms with Gasteiger partial charge < -0.3 is 10.8 Å². The zero-order chi connectivity index (χ0) is 9.90. The van der Waals surface area contributed by atoms with Crippen LogP contribution in [0, 0.1) is 5.41 Å². The van der Waals surface area contributed by atoms with Crippen molar-refractivity contribution in [2.24, 2.45) is 11.1 Å². The van der Waals surface area contributed by atoms with Gasteiger partial charge in [-0.05, 0) is 11.6 Å². The number of hydrogen-bond donors (Lipinski definition) is 2. The molecule has 0 aliphatic rings. The average Bonchev–Trinajstić information content (AvgIpc) is 2.18. The van der Waals surface area contributed by atoms with Crippen LogP contribution in [-0.2, 0) is 0 Å². The fraction of sp³-hybridized carbons (Fsp3) is 0.500. The van der Waals surface area contributed by atoms with Crippen LogP contribution in [0.5, 0.6) is 0 Å². The molecule has 0 unspecified atom stereocenters. The van der Waals surface area contributed by atoms with Gasteiger partial charge in [0.25, 0.3) is 0 Å². The normalized spacial score (nSPS) is 14.2. The Morgan fingerprint density at radius 1 is 1.62 bits per heavy atom. The van der Waals surface area contributed by atoms with Crippen molar-refractivity contribution in [3.63, 3.8) is 0 Å². The second-order valence-corrected chi connectivity index (χ2v) is 3.91. The lowest BCUT2D eigenvalue weighted by Gasteiger charge is -2.29. The first-order valence-electron chi connectivity index (χ1n) is 4.34. The predicted molar refractivity (Wildman–Crippen MR) is 52.0 cm³/mol. The van der Waals surface area contributed by atoms with Crippen molar-refractivity contribution in [3.05, 3.63) is 30.1 Å². The van der Waals surface area contributed by atoms with Crippen LogP contribution < -0.4 is 5.73 Å². The summed E-state index contributed by atoms with van der Waals surface area (Å²) in [5.74, 6) is 0. The Bertz CT molecular complexity index is 259.